The Morgan fingerprint density at radius 3 is 3.00 bits per heavy atom. The van der Waals surface area contributed by atoms with E-state index in [2.05, 4.69) is 24.1 Å². The van der Waals surface area contributed by atoms with E-state index < -0.39 is 0 Å². The summed E-state index contributed by atoms with van der Waals surface area (Å²) in [5.74, 6) is 1.52. The number of fused-ring (bicyclic) bond motifs is 1. The summed E-state index contributed by atoms with van der Waals surface area (Å²) in [4.78, 5) is 15.1. The standard InChI is InChI=1S/C12H18N2O/c1-8(2)6-9-7-11(15)10-4-3-5-13-12(10)14-9/h7-8H,3-6H2,1-2H3,(H2,13,14,15). The van der Waals surface area contributed by atoms with Gasteiger partial charge < -0.3 is 10.3 Å². The van der Waals surface area contributed by atoms with Crippen molar-refractivity contribution in [2.75, 3.05) is 11.9 Å². The lowest BCUT2D eigenvalue weighted by molar-refractivity contribution is 0.633. The average Bonchev–Trinajstić information content (AvgIpc) is 2.16. The van der Waals surface area contributed by atoms with Gasteiger partial charge in [0.1, 0.15) is 5.82 Å². The molecule has 0 radical (unpaired) electrons. The first-order valence-electron chi connectivity index (χ1n) is 5.66. The molecule has 2 rings (SSSR count). The van der Waals surface area contributed by atoms with E-state index in [1.165, 1.54) is 0 Å². The van der Waals surface area contributed by atoms with Crippen molar-refractivity contribution in [3.63, 3.8) is 0 Å². The molecule has 1 aliphatic heterocycles. The van der Waals surface area contributed by atoms with Gasteiger partial charge in [0.25, 0.3) is 0 Å². The molecule has 0 aromatic carbocycles. The molecule has 2 heterocycles. The number of hydrogen-bond acceptors (Lipinski definition) is 2. The molecule has 0 bridgehead atoms. The van der Waals surface area contributed by atoms with Crippen molar-refractivity contribution in [3.8, 4) is 0 Å². The van der Waals surface area contributed by atoms with Gasteiger partial charge in [0.2, 0.25) is 0 Å². The van der Waals surface area contributed by atoms with Gasteiger partial charge in [-0.1, -0.05) is 13.8 Å². The predicted octanol–water partition coefficient (Wildman–Crippen LogP) is 1.93. The van der Waals surface area contributed by atoms with Gasteiger partial charge in [-0.3, -0.25) is 4.79 Å². The third kappa shape index (κ3) is 2.22. The van der Waals surface area contributed by atoms with Gasteiger partial charge in [-0.05, 0) is 25.2 Å². The highest BCUT2D eigenvalue weighted by atomic mass is 16.1. The minimum Gasteiger partial charge on any atom is -0.371 e. The van der Waals surface area contributed by atoms with E-state index in [9.17, 15) is 4.79 Å². The first-order valence-corrected chi connectivity index (χ1v) is 5.66. The van der Waals surface area contributed by atoms with Crippen molar-refractivity contribution in [2.24, 2.45) is 5.92 Å². The van der Waals surface area contributed by atoms with Crippen LogP contribution in [0.5, 0.6) is 0 Å². The maximum Gasteiger partial charge on any atom is 0.187 e. The van der Waals surface area contributed by atoms with E-state index in [1.54, 1.807) is 6.07 Å². The summed E-state index contributed by atoms with van der Waals surface area (Å²) < 4.78 is 0. The zero-order valence-electron chi connectivity index (χ0n) is 9.39. The maximum atomic E-state index is 11.8. The van der Waals surface area contributed by atoms with E-state index in [1.807, 2.05) is 0 Å². The van der Waals surface area contributed by atoms with E-state index >= 15 is 0 Å². The monoisotopic (exact) mass is 206 g/mol. The minimum atomic E-state index is 0.187. The number of hydrogen-bond donors (Lipinski definition) is 2. The topological polar surface area (TPSA) is 44.9 Å². The molecular weight excluding hydrogens is 188 g/mol. The van der Waals surface area contributed by atoms with Crippen LogP contribution in [-0.4, -0.2) is 11.5 Å². The molecular formula is C12H18N2O. The van der Waals surface area contributed by atoms with E-state index in [4.69, 9.17) is 0 Å². The lowest BCUT2D eigenvalue weighted by Gasteiger charge is -2.18. The number of anilines is 1. The summed E-state index contributed by atoms with van der Waals surface area (Å²) in [6.45, 7) is 5.28. The van der Waals surface area contributed by atoms with Crippen LogP contribution in [0.4, 0.5) is 5.82 Å². The number of pyridine rings is 1. The van der Waals surface area contributed by atoms with Crippen molar-refractivity contribution in [1.29, 1.82) is 0 Å². The van der Waals surface area contributed by atoms with Crippen LogP contribution >= 0.6 is 0 Å². The molecule has 0 atom stereocenters. The molecule has 3 nitrogen and oxygen atoms in total. The smallest absolute Gasteiger partial charge is 0.187 e. The van der Waals surface area contributed by atoms with Crippen LogP contribution in [0.2, 0.25) is 0 Å². The number of rotatable bonds is 2. The van der Waals surface area contributed by atoms with Gasteiger partial charge in [0.15, 0.2) is 5.43 Å². The lowest BCUT2D eigenvalue weighted by atomic mass is 10.0. The SMILES string of the molecule is CC(C)Cc1cc(=O)c2c([nH]1)NCCC2. The second kappa shape index (κ2) is 4.09. The Labute approximate surface area is 89.9 Å². The Bertz CT molecular complexity index is 407. The van der Waals surface area contributed by atoms with Crippen LogP contribution in [0.25, 0.3) is 0 Å². The second-order valence-electron chi connectivity index (χ2n) is 4.64. The zero-order chi connectivity index (χ0) is 10.8. The van der Waals surface area contributed by atoms with Crippen LogP contribution in [0.15, 0.2) is 10.9 Å². The molecule has 3 heteroatoms. The van der Waals surface area contributed by atoms with Crippen LogP contribution in [-0.2, 0) is 12.8 Å². The quantitative estimate of drug-likeness (QED) is 0.776. The molecule has 2 N–H and O–H groups in total. The molecule has 0 spiro atoms. The van der Waals surface area contributed by atoms with Gasteiger partial charge in [-0.15, -0.1) is 0 Å². The first-order chi connectivity index (χ1) is 7.16. The Hall–Kier alpha value is -1.25. The Morgan fingerprint density at radius 2 is 2.27 bits per heavy atom. The number of H-pyrrole nitrogens is 1. The van der Waals surface area contributed by atoms with Crippen molar-refractivity contribution >= 4 is 5.82 Å². The number of nitrogens with one attached hydrogen (secondary N) is 2. The molecule has 82 valence electrons. The van der Waals surface area contributed by atoms with Gasteiger partial charge in [0.05, 0.1) is 0 Å². The third-order valence-corrected chi connectivity index (χ3v) is 2.72. The second-order valence-corrected chi connectivity index (χ2v) is 4.64. The molecule has 0 aliphatic carbocycles. The maximum absolute atomic E-state index is 11.8. The van der Waals surface area contributed by atoms with Crippen LogP contribution in [0.3, 0.4) is 0 Å². The summed E-state index contributed by atoms with van der Waals surface area (Å²) >= 11 is 0. The average molecular weight is 206 g/mol. The van der Waals surface area contributed by atoms with Crippen LogP contribution < -0.4 is 10.7 Å². The van der Waals surface area contributed by atoms with Crippen molar-refractivity contribution in [2.45, 2.75) is 33.1 Å². The highest BCUT2D eigenvalue weighted by molar-refractivity contribution is 5.47. The molecule has 1 aliphatic rings. The molecule has 15 heavy (non-hydrogen) atoms. The largest absolute Gasteiger partial charge is 0.371 e. The summed E-state index contributed by atoms with van der Waals surface area (Å²) in [7, 11) is 0. The molecule has 1 aromatic heterocycles. The first kappa shape index (κ1) is 10.3. The van der Waals surface area contributed by atoms with Gasteiger partial charge >= 0.3 is 0 Å². The van der Waals surface area contributed by atoms with Crippen molar-refractivity contribution in [1.82, 2.24) is 4.98 Å². The molecule has 0 fully saturated rings. The molecule has 0 unspecified atom stereocenters. The lowest BCUT2D eigenvalue weighted by Crippen LogP contribution is -2.22. The Morgan fingerprint density at radius 1 is 1.47 bits per heavy atom. The summed E-state index contributed by atoms with van der Waals surface area (Å²) in [6.07, 6.45) is 2.89. The van der Waals surface area contributed by atoms with E-state index in [0.29, 0.717) is 5.92 Å². The normalized spacial score (nSPS) is 14.9. The van der Waals surface area contributed by atoms with Gasteiger partial charge in [-0.2, -0.15) is 0 Å². The zero-order valence-corrected chi connectivity index (χ0v) is 9.39. The molecule has 0 saturated carbocycles. The summed E-state index contributed by atoms with van der Waals surface area (Å²) in [6, 6.07) is 1.76. The molecule has 0 saturated heterocycles. The number of aromatic amines is 1. The van der Waals surface area contributed by atoms with E-state index in [-0.39, 0.29) is 5.43 Å². The van der Waals surface area contributed by atoms with Gasteiger partial charge in [0, 0.05) is 23.9 Å². The highest BCUT2D eigenvalue weighted by Gasteiger charge is 2.13. The van der Waals surface area contributed by atoms with E-state index in [0.717, 1.165) is 42.9 Å². The fourth-order valence-corrected chi connectivity index (χ4v) is 2.07. The molecule has 1 aromatic rings. The summed E-state index contributed by atoms with van der Waals surface area (Å²) in [5, 5.41) is 3.26. The van der Waals surface area contributed by atoms with Crippen LogP contribution in [0.1, 0.15) is 31.5 Å². The van der Waals surface area contributed by atoms with Gasteiger partial charge in [-0.25, -0.2) is 0 Å². The van der Waals surface area contributed by atoms with Crippen molar-refractivity contribution < 1.29 is 0 Å². The fraction of sp³-hybridized carbons (Fsp3) is 0.583. The fourth-order valence-electron chi connectivity index (χ4n) is 2.07. The summed E-state index contributed by atoms with van der Waals surface area (Å²) in [5.41, 5.74) is 2.16. The minimum absolute atomic E-state index is 0.187. The number of aromatic nitrogens is 1. The Balaban J connectivity index is 2.36. The predicted molar refractivity (Wildman–Crippen MR) is 62.4 cm³/mol. The Kier molecular flexibility index (Phi) is 2.80. The third-order valence-electron chi connectivity index (χ3n) is 2.72. The van der Waals surface area contributed by atoms with Crippen LogP contribution in [0, 0.1) is 5.92 Å². The van der Waals surface area contributed by atoms with Crippen molar-refractivity contribution in [3.05, 3.63) is 27.5 Å². The molecule has 0 amide bonds. The highest BCUT2D eigenvalue weighted by Crippen LogP contribution is 2.17.